The van der Waals surface area contributed by atoms with E-state index in [1.807, 2.05) is 0 Å². The average Bonchev–Trinajstić information content (AvgIpc) is 3.18. The molecular formula is C12H16FNO4S2. The van der Waals surface area contributed by atoms with Gasteiger partial charge >= 0.3 is 10.2 Å². The monoisotopic (exact) mass is 321 g/mol. The predicted molar refractivity (Wildman–Crippen MR) is 71.9 cm³/mol. The van der Waals surface area contributed by atoms with E-state index in [-0.39, 0.29) is 4.90 Å². The number of sulfonamides is 1. The van der Waals surface area contributed by atoms with Gasteiger partial charge < -0.3 is 0 Å². The molecular weight excluding hydrogens is 305 g/mol. The second kappa shape index (κ2) is 5.42. The largest absolute Gasteiger partial charge is 0.332 e. The fraction of sp³-hybridized carbons (Fsp3) is 0.500. The molecule has 0 aliphatic heterocycles. The first kappa shape index (κ1) is 15.4. The molecule has 0 heterocycles. The van der Waals surface area contributed by atoms with Crippen molar-refractivity contribution in [3.8, 4) is 0 Å². The Balaban J connectivity index is 2.28. The first-order chi connectivity index (χ1) is 9.25. The van der Waals surface area contributed by atoms with Crippen LogP contribution in [0.3, 0.4) is 0 Å². The summed E-state index contributed by atoms with van der Waals surface area (Å²) in [7, 11) is -8.46. The van der Waals surface area contributed by atoms with Crippen molar-refractivity contribution < 1.29 is 20.7 Å². The van der Waals surface area contributed by atoms with Crippen molar-refractivity contribution in [2.45, 2.75) is 29.6 Å². The molecule has 1 aromatic rings. The van der Waals surface area contributed by atoms with Crippen LogP contribution in [-0.4, -0.2) is 34.2 Å². The summed E-state index contributed by atoms with van der Waals surface area (Å²) >= 11 is 0. The van der Waals surface area contributed by atoms with Crippen LogP contribution in [-0.2, 0) is 20.2 Å². The van der Waals surface area contributed by atoms with E-state index in [0.29, 0.717) is 19.0 Å². The fourth-order valence-corrected chi connectivity index (χ4v) is 3.90. The minimum atomic E-state index is -4.81. The quantitative estimate of drug-likeness (QED) is 0.749. The van der Waals surface area contributed by atoms with E-state index in [0.717, 1.165) is 37.1 Å². The van der Waals surface area contributed by atoms with Crippen LogP contribution >= 0.6 is 0 Å². The van der Waals surface area contributed by atoms with Crippen LogP contribution in [0.2, 0.25) is 0 Å². The third-order valence-electron chi connectivity index (χ3n) is 3.25. The van der Waals surface area contributed by atoms with Crippen LogP contribution in [0.4, 0.5) is 3.89 Å². The van der Waals surface area contributed by atoms with Gasteiger partial charge in [0.2, 0.25) is 10.0 Å². The van der Waals surface area contributed by atoms with Crippen molar-refractivity contribution in [3.63, 3.8) is 0 Å². The highest BCUT2D eigenvalue weighted by Gasteiger charge is 2.30. The van der Waals surface area contributed by atoms with Crippen LogP contribution in [0.5, 0.6) is 0 Å². The summed E-state index contributed by atoms with van der Waals surface area (Å²) in [6.07, 6.45) is 2.07. The molecule has 0 atom stereocenters. The van der Waals surface area contributed by atoms with E-state index < -0.39 is 25.1 Å². The van der Waals surface area contributed by atoms with Crippen LogP contribution in [0.25, 0.3) is 0 Å². The molecule has 0 unspecified atom stereocenters. The van der Waals surface area contributed by atoms with Crippen molar-refractivity contribution >= 4 is 20.2 Å². The molecule has 2 rings (SSSR count). The van der Waals surface area contributed by atoms with Gasteiger partial charge in [-0.1, -0.05) is 6.92 Å². The van der Waals surface area contributed by atoms with Crippen LogP contribution in [0.1, 0.15) is 19.8 Å². The minimum absolute atomic E-state index is 0.0209. The Morgan fingerprint density at radius 3 is 2.00 bits per heavy atom. The Hall–Kier alpha value is -0.990. The first-order valence-electron chi connectivity index (χ1n) is 6.30. The molecule has 0 spiro atoms. The smallest absolute Gasteiger partial charge is 0.207 e. The summed E-state index contributed by atoms with van der Waals surface area (Å²) in [5.41, 5.74) is 0. The lowest BCUT2D eigenvalue weighted by atomic mass is 10.4. The van der Waals surface area contributed by atoms with Gasteiger partial charge in [-0.25, -0.2) is 8.42 Å². The van der Waals surface area contributed by atoms with E-state index in [2.05, 4.69) is 0 Å². The number of benzene rings is 1. The summed E-state index contributed by atoms with van der Waals surface area (Å²) < 4.78 is 60.3. The molecule has 0 aromatic heterocycles. The van der Waals surface area contributed by atoms with E-state index >= 15 is 0 Å². The van der Waals surface area contributed by atoms with Crippen LogP contribution in [0, 0.1) is 5.92 Å². The van der Waals surface area contributed by atoms with Gasteiger partial charge in [0.25, 0.3) is 0 Å². The van der Waals surface area contributed by atoms with Gasteiger partial charge in [-0.05, 0) is 43.0 Å². The normalized spacial score (nSPS) is 16.6. The van der Waals surface area contributed by atoms with Crippen LogP contribution < -0.4 is 0 Å². The lowest BCUT2D eigenvalue weighted by Gasteiger charge is -2.20. The minimum Gasteiger partial charge on any atom is -0.207 e. The zero-order valence-electron chi connectivity index (χ0n) is 11.0. The van der Waals surface area contributed by atoms with Crippen LogP contribution in [0.15, 0.2) is 34.1 Å². The maximum Gasteiger partial charge on any atom is 0.332 e. The molecule has 1 aromatic carbocycles. The third kappa shape index (κ3) is 3.36. The third-order valence-corrected chi connectivity index (χ3v) is 6.04. The van der Waals surface area contributed by atoms with Gasteiger partial charge in [-0.15, -0.1) is 3.89 Å². The molecule has 0 N–H and O–H groups in total. The number of hydrogen-bond donors (Lipinski definition) is 0. The van der Waals surface area contributed by atoms with Gasteiger partial charge in [-0.2, -0.15) is 12.7 Å². The zero-order valence-corrected chi connectivity index (χ0v) is 12.6. The molecule has 5 nitrogen and oxygen atoms in total. The highest BCUT2D eigenvalue weighted by molar-refractivity contribution is 7.89. The summed E-state index contributed by atoms with van der Waals surface area (Å²) in [5, 5.41) is 0. The molecule has 0 saturated heterocycles. The van der Waals surface area contributed by atoms with Crippen molar-refractivity contribution in [3.05, 3.63) is 24.3 Å². The van der Waals surface area contributed by atoms with E-state index in [1.165, 1.54) is 4.31 Å². The fourth-order valence-electron chi connectivity index (χ4n) is 1.91. The molecule has 8 heteroatoms. The predicted octanol–water partition coefficient (Wildman–Crippen LogP) is 1.77. The lowest BCUT2D eigenvalue weighted by molar-refractivity contribution is 0.412. The maximum atomic E-state index is 12.8. The van der Waals surface area contributed by atoms with E-state index in [9.17, 15) is 20.7 Å². The van der Waals surface area contributed by atoms with Crippen molar-refractivity contribution in [2.24, 2.45) is 5.92 Å². The van der Waals surface area contributed by atoms with Gasteiger partial charge in [0.15, 0.2) is 0 Å². The highest BCUT2D eigenvalue weighted by atomic mass is 32.3. The Morgan fingerprint density at radius 2 is 1.60 bits per heavy atom. The summed E-state index contributed by atoms with van der Waals surface area (Å²) in [6.45, 7) is 2.57. The Kier molecular flexibility index (Phi) is 4.17. The van der Waals surface area contributed by atoms with E-state index in [1.54, 1.807) is 6.92 Å². The van der Waals surface area contributed by atoms with Gasteiger partial charge in [0, 0.05) is 13.1 Å². The van der Waals surface area contributed by atoms with Crippen molar-refractivity contribution in [1.29, 1.82) is 0 Å². The zero-order chi connectivity index (χ0) is 15.0. The highest BCUT2D eigenvalue weighted by Crippen LogP contribution is 2.31. The summed E-state index contributed by atoms with van der Waals surface area (Å²) in [5.74, 6) is 0.412. The van der Waals surface area contributed by atoms with Crippen molar-refractivity contribution in [1.82, 2.24) is 4.31 Å². The summed E-state index contributed by atoms with van der Waals surface area (Å²) in [6, 6.07) is 4.18. The molecule has 0 amide bonds. The Labute approximate surface area is 118 Å². The average molecular weight is 321 g/mol. The second-order valence-corrected chi connectivity index (χ2v) is 8.09. The molecule has 1 aliphatic rings. The van der Waals surface area contributed by atoms with E-state index in [4.69, 9.17) is 0 Å². The van der Waals surface area contributed by atoms with Crippen molar-refractivity contribution in [2.75, 3.05) is 13.1 Å². The molecule has 0 bridgehead atoms. The Morgan fingerprint density at radius 1 is 1.10 bits per heavy atom. The molecule has 112 valence electrons. The lowest BCUT2D eigenvalue weighted by Crippen LogP contribution is -2.32. The number of halogens is 1. The molecule has 1 fully saturated rings. The topological polar surface area (TPSA) is 71.5 Å². The number of rotatable bonds is 6. The maximum absolute atomic E-state index is 12.8. The van der Waals surface area contributed by atoms with Gasteiger partial charge in [0.1, 0.15) is 0 Å². The molecule has 1 aliphatic carbocycles. The SMILES string of the molecule is CCN(CC1CC1)S(=O)(=O)c1ccc(S(=O)(=O)F)cc1. The Bertz CT molecular complexity index is 679. The molecule has 20 heavy (non-hydrogen) atoms. The standard InChI is InChI=1S/C12H16FNO4S2/c1-2-14(9-10-3-4-10)20(17,18)12-7-5-11(6-8-12)19(13,15)16/h5-8,10H,2-4,9H2,1H3. The molecule has 0 radical (unpaired) electrons. The number of nitrogens with zero attached hydrogens (tertiary/aromatic N) is 1. The first-order valence-corrected chi connectivity index (χ1v) is 9.12. The summed E-state index contributed by atoms with van der Waals surface area (Å²) in [4.78, 5) is -0.561. The second-order valence-electron chi connectivity index (χ2n) is 4.81. The molecule has 1 saturated carbocycles. The van der Waals surface area contributed by atoms with Gasteiger partial charge in [0.05, 0.1) is 9.79 Å². The number of hydrogen-bond acceptors (Lipinski definition) is 4. The van der Waals surface area contributed by atoms with Gasteiger partial charge in [-0.3, -0.25) is 0 Å².